The Morgan fingerprint density at radius 2 is 2.00 bits per heavy atom. The van der Waals surface area contributed by atoms with Gasteiger partial charge in [-0.3, -0.25) is 4.90 Å². The quantitative estimate of drug-likeness (QED) is 0.931. The molecular formula is C16H26N4OS. The Hall–Kier alpha value is -1.14. The first-order valence-electron chi connectivity index (χ1n) is 8.41. The number of thiazole rings is 1. The van der Waals surface area contributed by atoms with Crippen molar-refractivity contribution < 1.29 is 4.79 Å². The Bertz CT molecular complexity index is 465. The molecule has 2 fully saturated rings. The molecule has 2 heterocycles. The first-order chi connectivity index (χ1) is 10.7. The van der Waals surface area contributed by atoms with E-state index in [0.29, 0.717) is 0 Å². The number of carbonyl (C=O) groups is 1. The second-order valence-electron chi connectivity index (χ2n) is 6.40. The molecule has 2 aliphatic rings. The van der Waals surface area contributed by atoms with E-state index in [1.54, 1.807) is 16.8 Å². The number of nitrogens with zero attached hydrogens (tertiary/aromatic N) is 3. The van der Waals surface area contributed by atoms with Crippen molar-refractivity contribution in [1.82, 2.24) is 20.1 Å². The van der Waals surface area contributed by atoms with Crippen LogP contribution in [0.25, 0.3) is 0 Å². The van der Waals surface area contributed by atoms with Crippen LogP contribution in [0.5, 0.6) is 0 Å². The number of rotatable bonds is 3. The van der Waals surface area contributed by atoms with Gasteiger partial charge in [-0.15, -0.1) is 11.3 Å². The zero-order valence-electron chi connectivity index (χ0n) is 13.3. The lowest BCUT2D eigenvalue weighted by atomic mass is 9.94. The van der Waals surface area contributed by atoms with Gasteiger partial charge in [0.05, 0.1) is 17.2 Å². The SMILES string of the molecule is CC(NC(=O)N1CCN(C2CCCCC2)CC1)c1cscn1. The number of aromatic nitrogens is 1. The van der Waals surface area contributed by atoms with Crippen molar-refractivity contribution in [3.8, 4) is 0 Å². The van der Waals surface area contributed by atoms with E-state index >= 15 is 0 Å². The summed E-state index contributed by atoms with van der Waals surface area (Å²) in [4.78, 5) is 21.2. The van der Waals surface area contributed by atoms with Crippen LogP contribution in [0.1, 0.15) is 50.8 Å². The predicted molar refractivity (Wildman–Crippen MR) is 89.1 cm³/mol. The van der Waals surface area contributed by atoms with Crippen LogP contribution < -0.4 is 5.32 Å². The molecule has 6 heteroatoms. The van der Waals surface area contributed by atoms with E-state index in [-0.39, 0.29) is 12.1 Å². The molecule has 0 bridgehead atoms. The minimum atomic E-state index is -0.0184. The van der Waals surface area contributed by atoms with E-state index < -0.39 is 0 Å². The summed E-state index contributed by atoms with van der Waals surface area (Å²) >= 11 is 1.56. The van der Waals surface area contributed by atoms with Crippen LogP contribution in [0.4, 0.5) is 4.79 Å². The van der Waals surface area contributed by atoms with E-state index in [1.807, 2.05) is 17.2 Å². The molecule has 1 N–H and O–H groups in total. The third-order valence-corrected chi connectivity index (χ3v) is 5.53. The summed E-state index contributed by atoms with van der Waals surface area (Å²) in [5, 5.41) is 5.05. The first kappa shape index (κ1) is 15.7. The van der Waals surface area contributed by atoms with Crippen LogP contribution in [0, 0.1) is 0 Å². The Morgan fingerprint density at radius 1 is 1.27 bits per heavy atom. The molecule has 1 aromatic heterocycles. The van der Waals surface area contributed by atoms with Crippen molar-refractivity contribution in [2.45, 2.75) is 51.1 Å². The van der Waals surface area contributed by atoms with Gasteiger partial charge in [-0.1, -0.05) is 19.3 Å². The van der Waals surface area contributed by atoms with Gasteiger partial charge in [0, 0.05) is 37.6 Å². The number of piperazine rings is 1. The molecule has 0 spiro atoms. The van der Waals surface area contributed by atoms with Crippen molar-refractivity contribution in [3.05, 3.63) is 16.6 Å². The third kappa shape index (κ3) is 3.79. The standard InChI is InChI=1S/C16H26N4OS/c1-13(15-11-22-12-17-15)18-16(21)20-9-7-19(8-10-20)14-5-3-2-4-6-14/h11-14H,2-10H2,1H3,(H,18,21). The lowest BCUT2D eigenvalue weighted by molar-refractivity contribution is 0.0898. The summed E-state index contributed by atoms with van der Waals surface area (Å²) in [6.07, 6.45) is 6.82. The average molecular weight is 322 g/mol. The smallest absolute Gasteiger partial charge is 0.318 e. The summed E-state index contributed by atoms with van der Waals surface area (Å²) in [6, 6.07) is 0.784. The molecule has 1 unspecified atom stereocenters. The van der Waals surface area contributed by atoms with Crippen molar-refractivity contribution in [2.75, 3.05) is 26.2 Å². The van der Waals surface area contributed by atoms with Gasteiger partial charge < -0.3 is 10.2 Å². The Labute approximate surface area is 136 Å². The van der Waals surface area contributed by atoms with E-state index in [2.05, 4.69) is 15.2 Å². The fourth-order valence-corrected chi connectivity index (χ4v) is 4.17. The van der Waals surface area contributed by atoms with Gasteiger partial charge in [0.1, 0.15) is 0 Å². The normalized spacial score (nSPS) is 22.5. The minimum absolute atomic E-state index is 0.0184. The number of hydrogen-bond acceptors (Lipinski definition) is 4. The van der Waals surface area contributed by atoms with Gasteiger partial charge in [0.15, 0.2) is 0 Å². The maximum Gasteiger partial charge on any atom is 0.318 e. The molecule has 5 nitrogen and oxygen atoms in total. The number of nitrogens with one attached hydrogen (secondary N) is 1. The molecule has 1 saturated carbocycles. The van der Waals surface area contributed by atoms with Gasteiger partial charge in [0.25, 0.3) is 0 Å². The van der Waals surface area contributed by atoms with Crippen LogP contribution in [0.2, 0.25) is 0 Å². The number of urea groups is 1. The predicted octanol–water partition coefficient (Wildman–Crippen LogP) is 2.86. The van der Waals surface area contributed by atoms with Crippen molar-refractivity contribution in [2.24, 2.45) is 0 Å². The largest absolute Gasteiger partial charge is 0.330 e. The summed E-state index contributed by atoms with van der Waals surface area (Å²) in [6.45, 7) is 5.70. The van der Waals surface area contributed by atoms with Gasteiger partial charge in [-0.2, -0.15) is 0 Å². The fraction of sp³-hybridized carbons (Fsp3) is 0.750. The highest BCUT2D eigenvalue weighted by Gasteiger charge is 2.27. The van der Waals surface area contributed by atoms with Gasteiger partial charge >= 0.3 is 6.03 Å². The van der Waals surface area contributed by atoms with Gasteiger partial charge in [-0.05, 0) is 19.8 Å². The molecule has 22 heavy (non-hydrogen) atoms. The lowest BCUT2D eigenvalue weighted by Gasteiger charge is -2.40. The van der Waals surface area contributed by atoms with E-state index in [9.17, 15) is 4.79 Å². The highest BCUT2D eigenvalue weighted by molar-refractivity contribution is 7.07. The first-order valence-corrected chi connectivity index (χ1v) is 9.36. The van der Waals surface area contributed by atoms with Crippen LogP contribution in [-0.4, -0.2) is 53.0 Å². The molecule has 122 valence electrons. The number of carbonyl (C=O) groups excluding carboxylic acids is 1. The number of hydrogen-bond donors (Lipinski definition) is 1. The van der Waals surface area contributed by atoms with Gasteiger partial charge in [-0.25, -0.2) is 9.78 Å². The maximum absolute atomic E-state index is 12.4. The van der Waals surface area contributed by atoms with E-state index in [0.717, 1.165) is 37.9 Å². The second-order valence-corrected chi connectivity index (χ2v) is 7.12. The van der Waals surface area contributed by atoms with Gasteiger partial charge in [0.2, 0.25) is 0 Å². The molecule has 1 atom stereocenters. The highest BCUT2D eigenvalue weighted by atomic mass is 32.1. The summed E-state index contributed by atoms with van der Waals surface area (Å²) < 4.78 is 0. The van der Waals surface area contributed by atoms with Crippen LogP contribution in [0.15, 0.2) is 10.9 Å². The van der Waals surface area contributed by atoms with E-state index in [1.165, 1.54) is 32.1 Å². The van der Waals surface area contributed by atoms with E-state index in [4.69, 9.17) is 0 Å². The third-order valence-electron chi connectivity index (χ3n) is 4.93. The molecule has 1 aliphatic carbocycles. The average Bonchev–Trinajstić information content (AvgIpc) is 3.10. The topological polar surface area (TPSA) is 48.5 Å². The Kier molecular flexibility index (Phi) is 5.31. The molecule has 0 radical (unpaired) electrons. The van der Waals surface area contributed by atoms with Crippen LogP contribution in [-0.2, 0) is 0 Å². The maximum atomic E-state index is 12.4. The lowest BCUT2D eigenvalue weighted by Crippen LogP contribution is -2.54. The molecule has 2 amide bonds. The van der Waals surface area contributed by atoms with Crippen molar-refractivity contribution >= 4 is 17.4 Å². The molecule has 1 aliphatic heterocycles. The summed E-state index contributed by atoms with van der Waals surface area (Å²) in [5.41, 5.74) is 2.75. The van der Waals surface area contributed by atoms with Crippen LogP contribution >= 0.6 is 11.3 Å². The minimum Gasteiger partial charge on any atom is -0.330 e. The molecule has 1 saturated heterocycles. The van der Waals surface area contributed by atoms with Crippen LogP contribution in [0.3, 0.4) is 0 Å². The van der Waals surface area contributed by atoms with Crippen molar-refractivity contribution in [1.29, 1.82) is 0 Å². The number of amides is 2. The fourth-order valence-electron chi connectivity index (χ4n) is 3.52. The monoisotopic (exact) mass is 322 g/mol. The molecule has 3 rings (SSSR count). The van der Waals surface area contributed by atoms with Crippen molar-refractivity contribution in [3.63, 3.8) is 0 Å². The molecule has 0 aromatic carbocycles. The summed E-state index contributed by atoms with van der Waals surface area (Å²) in [5.74, 6) is 0. The zero-order valence-corrected chi connectivity index (χ0v) is 14.1. The Morgan fingerprint density at radius 3 is 2.64 bits per heavy atom. The molecule has 1 aromatic rings. The highest BCUT2D eigenvalue weighted by Crippen LogP contribution is 2.23. The second kappa shape index (κ2) is 7.42. The Balaban J connectivity index is 1.45. The molecular weight excluding hydrogens is 296 g/mol. The zero-order chi connectivity index (χ0) is 15.4. The summed E-state index contributed by atoms with van der Waals surface area (Å²) in [7, 11) is 0.